The third-order valence-electron chi connectivity index (χ3n) is 4.33. The van der Waals surface area contributed by atoms with Crippen LogP contribution in [0.5, 0.6) is 5.75 Å². The van der Waals surface area contributed by atoms with Crippen LogP contribution in [0.2, 0.25) is 5.02 Å². The summed E-state index contributed by atoms with van der Waals surface area (Å²) in [6.45, 7) is 0. The summed E-state index contributed by atoms with van der Waals surface area (Å²) >= 11 is 6.31. The van der Waals surface area contributed by atoms with Crippen LogP contribution in [-0.2, 0) is 5.60 Å². The van der Waals surface area contributed by atoms with Gasteiger partial charge in [-0.25, -0.2) is 0 Å². The molecule has 0 radical (unpaired) electrons. The number of aliphatic hydroxyl groups is 1. The van der Waals surface area contributed by atoms with Gasteiger partial charge in [0.2, 0.25) is 0 Å². The van der Waals surface area contributed by atoms with Gasteiger partial charge in [0.05, 0.1) is 17.7 Å². The molecule has 0 atom stereocenters. The lowest BCUT2D eigenvalue weighted by atomic mass is 9.93. The molecule has 1 aromatic rings. The monoisotopic (exact) mass is 266 g/mol. The quantitative estimate of drug-likeness (QED) is 0.896. The molecule has 0 spiro atoms. The molecule has 0 saturated heterocycles. The highest BCUT2D eigenvalue weighted by Crippen LogP contribution is 2.50. The Morgan fingerprint density at radius 2 is 1.94 bits per heavy atom. The molecule has 1 aromatic carbocycles. The zero-order valence-corrected chi connectivity index (χ0v) is 11.5. The third kappa shape index (κ3) is 2.02. The van der Waals surface area contributed by atoms with E-state index in [2.05, 4.69) is 6.07 Å². The first-order valence-electron chi connectivity index (χ1n) is 6.74. The van der Waals surface area contributed by atoms with E-state index in [9.17, 15) is 5.11 Å². The zero-order valence-electron chi connectivity index (χ0n) is 10.7. The fourth-order valence-corrected chi connectivity index (χ4v) is 3.35. The lowest BCUT2D eigenvalue weighted by Gasteiger charge is -2.19. The second kappa shape index (κ2) is 4.43. The summed E-state index contributed by atoms with van der Waals surface area (Å²) in [5.74, 6) is 1.34. The summed E-state index contributed by atoms with van der Waals surface area (Å²) < 4.78 is 5.46. The number of benzene rings is 1. The Bertz CT molecular complexity index is 460. The fraction of sp³-hybridized carbons (Fsp3) is 0.600. The second-order valence-corrected chi connectivity index (χ2v) is 6.00. The highest BCUT2D eigenvalue weighted by Gasteiger charge is 2.43. The van der Waals surface area contributed by atoms with Gasteiger partial charge in [-0.05, 0) is 54.9 Å². The van der Waals surface area contributed by atoms with Crippen molar-refractivity contribution in [2.75, 3.05) is 7.11 Å². The van der Waals surface area contributed by atoms with Crippen molar-refractivity contribution < 1.29 is 9.84 Å². The van der Waals surface area contributed by atoms with Crippen LogP contribution >= 0.6 is 11.6 Å². The largest absolute Gasteiger partial charge is 0.495 e. The number of hydrogen-bond acceptors (Lipinski definition) is 2. The van der Waals surface area contributed by atoms with E-state index in [0.29, 0.717) is 10.9 Å². The highest BCUT2D eigenvalue weighted by atomic mass is 35.5. The van der Waals surface area contributed by atoms with E-state index in [4.69, 9.17) is 16.3 Å². The second-order valence-electron chi connectivity index (χ2n) is 5.59. The molecule has 2 fully saturated rings. The van der Waals surface area contributed by atoms with E-state index in [1.165, 1.54) is 31.2 Å². The molecule has 0 bridgehead atoms. The summed E-state index contributed by atoms with van der Waals surface area (Å²) in [6, 6.07) is 3.99. The Kier molecular flexibility index (Phi) is 3.03. The van der Waals surface area contributed by atoms with Gasteiger partial charge >= 0.3 is 0 Å². The summed E-state index contributed by atoms with van der Waals surface area (Å²) in [5, 5.41) is 10.9. The maximum absolute atomic E-state index is 10.3. The van der Waals surface area contributed by atoms with Gasteiger partial charge in [-0.2, -0.15) is 0 Å². The van der Waals surface area contributed by atoms with Gasteiger partial charge in [0.15, 0.2) is 0 Å². The molecule has 2 nitrogen and oxygen atoms in total. The van der Waals surface area contributed by atoms with Crippen LogP contribution in [0.15, 0.2) is 12.1 Å². The van der Waals surface area contributed by atoms with Crippen molar-refractivity contribution >= 4 is 11.6 Å². The molecular formula is C15H19ClO2. The van der Waals surface area contributed by atoms with Gasteiger partial charge in [-0.1, -0.05) is 24.4 Å². The van der Waals surface area contributed by atoms with Gasteiger partial charge < -0.3 is 9.84 Å². The third-order valence-corrected chi connectivity index (χ3v) is 4.61. The van der Waals surface area contributed by atoms with Crippen LogP contribution < -0.4 is 4.74 Å². The molecule has 1 N–H and O–H groups in total. The summed E-state index contributed by atoms with van der Waals surface area (Å²) in [6.07, 6.45) is 6.66. The van der Waals surface area contributed by atoms with Crippen LogP contribution in [-0.4, -0.2) is 12.2 Å². The van der Waals surface area contributed by atoms with Crippen LogP contribution in [0.3, 0.4) is 0 Å². The van der Waals surface area contributed by atoms with Gasteiger partial charge in [0, 0.05) is 0 Å². The van der Waals surface area contributed by atoms with Crippen molar-refractivity contribution in [1.82, 2.24) is 0 Å². The van der Waals surface area contributed by atoms with E-state index in [1.54, 1.807) is 7.11 Å². The lowest BCUT2D eigenvalue weighted by Crippen LogP contribution is -2.07. The Balaban J connectivity index is 2.05. The molecule has 0 aliphatic heterocycles. The minimum atomic E-state index is -0.622. The molecule has 2 aliphatic carbocycles. The maximum atomic E-state index is 10.3. The SMILES string of the molecule is COc1c(Cl)cc(C2(O)CC2)cc1C1CCCC1. The number of hydrogen-bond donors (Lipinski definition) is 1. The lowest BCUT2D eigenvalue weighted by molar-refractivity contribution is 0.151. The molecule has 0 heterocycles. The number of halogens is 1. The first-order chi connectivity index (χ1) is 8.64. The average molecular weight is 267 g/mol. The highest BCUT2D eigenvalue weighted by molar-refractivity contribution is 6.32. The minimum absolute atomic E-state index is 0.541. The van der Waals surface area contributed by atoms with E-state index in [-0.39, 0.29) is 0 Å². The van der Waals surface area contributed by atoms with E-state index in [0.717, 1.165) is 24.2 Å². The summed E-state index contributed by atoms with van der Waals surface area (Å²) in [7, 11) is 1.67. The molecule has 3 heteroatoms. The van der Waals surface area contributed by atoms with Crippen LogP contribution in [0.4, 0.5) is 0 Å². The average Bonchev–Trinajstić information content (AvgIpc) is 2.92. The van der Waals surface area contributed by atoms with Crippen molar-refractivity contribution in [3.8, 4) is 5.75 Å². The van der Waals surface area contributed by atoms with Crippen molar-refractivity contribution in [1.29, 1.82) is 0 Å². The van der Waals surface area contributed by atoms with Crippen molar-refractivity contribution in [3.05, 3.63) is 28.3 Å². The van der Waals surface area contributed by atoms with E-state index < -0.39 is 5.60 Å². The van der Waals surface area contributed by atoms with Crippen LogP contribution in [0.1, 0.15) is 55.6 Å². The molecule has 2 saturated carbocycles. The predicted octanol–water partition coefficient (Wildman–Crippen LogP) is 3.99. The van der Waals surface area contributed by atoms with Gasteiger partial charge in [0.1, 0.15) is 5.75 Å². The molecular weight excluding hydrogens is 248 g/mol. The van der Waals surface area contributed by atoms with Crippen LogP contribution in [0, 0.1) is 0 Å². The first kappa shape index (κ1) is 12.3. The van der Waals surface area contributed by atoms with Gasteiger partial charge in [-0.3, -0.25) is 0 Å². The zero-order chi connectivity index (χ0) is 12.8. The molecule has 3 rings (SSSR count). The van der Waals surface area contributed by atoms with Gasteiger partial charge in [-0.15, -0.1) is 0 Å². The van der Waals surface area contributed by atoms with Gasteiger partial charge in [0.25, 0.3) is 0 Å². The molecule has 0 aromatic heterocycles. The Hall–Kier alpha value is -0.730. The number of ether oxygens (including phenoxy) is 1. The molecule has 0 unspecified atom stereocenters. The number of methoxy groups -OCH3 is 1. The Morgan fingerprint density at radius 1 is 1.28 bits per heavy atom. The normalized spacial score (nSPS) is 22.2. The molecule has 2 aliphatic rings. The summed E-state index contributed by atoms with van der Waals surface area (Å²) in [5.41, 5.74) is 1.54. The fourth-order valence-electron chi connectivity index (χ4n) is 3.05. The van der Waals surface area contributed by atoms with Crippen molar-refractivity contribution in [3.63, 3.8) is 0 Å². The molecule has 98 valence electrons. The predicted molar refractivity (Wildman–Crippen MR) is 72.3 cm³/mol. The summed E-state index contributed by atoms with van der Waals surface area (Å²) in [4.78, 5) is 0. The van der Waals surface area contributed by atoms with E-state index in [1.807, 2.05) is 6.07 Å². The van der Waals surface area contributed by atoms with Crippen molar-refractivity contribution in [2.24, 2.45) is 0 Å². The smallest absolute Gasteiger partial charge is 0.140 e. The van der Waals surface area contributed by atoms with Crippen LogP contribution in [0.25, 0.3) is 0 Å². The topological polar surface area (TPSA) is 29.5 Å². The first-order valence-corrected chi connectivity index (χ1v) is 7.12. The standard InChI is InChI=1S/C15H19ClO2/c1-18-14-12(10-4-2-3-5-10)8-11(9-13(14)16)15(17)6-7-15/h8-10,17H,2-7H2,1H3. The maximum Gasteiger partial charge on any atom is 0.140 e. The van der Waals surface area contributed by atoms with Crippen molar-refractivity contribution in [2.45, 2.75) is 50.0 Å². The van der Waals surface area contributed by atoms with E-state index >= 15 is 0 Å². The Labute approximate surface area is 113 Å². The molecule has 0 amide bonds. The molecule has 18 heavy (non-hydrogen) atoms. The minimum Gasteiger partial charge on any atom is -0.495 e. The number of rotatable bonds is 3. The Morgan fingerprint density at radius 3 is 2.50 bits per heavy atom.